The molecule has 0 fully saturated rings. The maximum Gasteiger partial charge on any atom is 0.141 e. The number of hydrogen-bond acceptors (Lipinski definition) is 2. The van der Waals surface area contributed by atoms with Crippen molar-refractivity contribution in [3.63, 3.8) is 0 Å². The summed E-state index contributed by atoms with van der Waals surface area (Å²) in [5.74, 6) is 0.736. The van der Waals surface area contributed by atoms with Gasteiger partial charge in [-0.25, -0.2) is 0 Å². The first-order valence-corrected chi connectivity index (χ1v) is 6.07. The van der Waals surface area contributed by atoms with Crippen LogP contribution in [0.1, 0.15) is 53.4 Å². The molecule has 0 radical (unpaired) electrons. The fraction of sp³-hybridized carbons (Fsp3) is 0.923. The normalized spacial score (nSPS) is 15.3. The average Bonchev–Trinajstić information content (AvgIpc) is 2.17. The molecule has 0 amide bonds. The van der Waals surface area contributed by atoms with E-state index in [0.717, 1.165) is 19.3 Å². The molecule has 0 aliphatic rings. The van der Waals surface area contributed by atoms with Crippen LogP contribution in [0, 0.1) is 11.3 Å². The second kappa shape index (κ2) is 7.00. The van der Waals surface area contributed by atoms with Crippen LogP contribution in [-0.2, 0) is 9.53 Å². The van der Waals surface area contributed by atoms with Gasteiger partial charge in [0.25, 0.3) is 0 Å². The van der Waals surface area contributed by atoms with E-state index in [-0.39, 0.29) is 5.41 Å². The number of ether oxygens (including phenoxy) is 1. The van der Waals surface area contributed by atoms with E-state index >= 15 is 0 Å². The van der Waals surface area contributed by atoms with Crippen LogP contribution in [0.4, 0.5) is 0 Å². The van der Waals surface area contributed by atoms with E-state index in [2.05, 4.69) is 27.7 Å². The second-order valence-electron chi connectivity index (χ2n) is 4.67. The van der Waals surface area contributed by atoms with Crippen molar-refractivity contribution in [2.75, 3.05) is 13.7 Å². The van der Waals surface area contributed by atoms with Gasteiger partial charge in [0.1, 0.15) is 5.78 Å². The van der Waals surface area contributed by atoms with Crippen molar-refractivity contribution < 1.29 is 9.53 Å². The van der Waals surface area contributed by atoms with Gasteiger partial charge in [0.2, 0.25) is 0 Å². The Hall–Kier alpha value is -0.370. The summed E-state index contributed by atoms with van der Waals surface area (Å²) in [7, 11) is 1.69. The molecule has 0 saturated carbocycles. The zero-order chi connectivity index (χ0) is 11.9. The third-order valence-electron chi connectivity index (χ3n) is 3.24. The van der Waals surface area contributed by atoms with Gasteiger partial charge in [-0.1, -0.05) is 34.1 Å². The summed E-state index contributed by atoms with van der Waals surface area (Å²) >= 11 is 0. The molecule has 90 valence electrons. The summed E-state index contributed by atoms with van der Waals surface area (Å²) in [6.45, 7) is 9.01. The lowest BCUT2D eigenvalue weighted by Crippen LogP contribution is -2.40. The maximum atomic E-state index is 12.2. The molecule has 2 heteroatoms. The summed E-state index contributed by atoms with van der Waals surface area (Å²) < 4.78 is 5.27. The maximum absolute atomic E-state index is 12.2. The molecular formula is C13H26O2. The van der Waals surface area contributed by atoms with Gasteiger partial charge in [-0.05, 0) is 18.8 Å². The number of hydrogen-bond donors (Lipinski definition) is 0. The summed E-state index contributed by atoms with van der Waals surface area (Å²) in [6, 6.07) is 0. The van der Waals surface area contributed by atoms with Gasteiger partial charge in [0.05, 0.1) is 12.0 Å². The smallest absolute Gasteiger partial charge is 0.141 e. The molecule has 0 saturated heterocycles. The first kappa shape index (κ1) is 14.6. The standard InChI is InChI=1S/C13H26O2/c1-6-8-12(14)13(9-7-2,10-15-5)11(3)4/h11H,6-10H2,1-5H3. The van der Waals surface area contributed by atoms with Crippen molar-refractivity contribution in [1.29, 1.82) is 0 Å². The Morgan fingerprint density at radius 2 is 1.87 bits per heavy atom. The number of Topliss-reactive ketones (excluding diaryl/α,β-unsaturated/α-hetero) is 1. The van der Waals surface area contributed by atoms with Gasteiger partial charge in [0.15, 0.2) is 0 Å². The monoisotopic (exact) mass is 214 g/mol. The van der Waals surface area contributed by atoms with Crippen LogP contribution < -0.4 is 0 Å². The van der Waals surface area contributed by atoms with Crippen molar-refractivity contribution >= 4 is 5.78 Å². The fourth-order valence-electron chi connectivity index (χ4n) is 2.25. The third kappa shape index (κ3) is 3.60. The van der Waals surface area contributed by atoms with Crippen LogP contribution in [0.15, 0.2) is 0 Å². The Labute approximate surface area is 94.4 Å². The Morgan fingerprint density at radius 1 is 1.27 bits per heavy atom. The first-order chi connectivity index (χ1) is 7.05. The quantitative estimate of drug-likeness (QED) is 0.618. The van der Waals surface area contributed by atoms with Crippen molar-refractivity contribution in [2.24, 2.45) is 11.3 Å². The summed E-state index contributed by atoms with van der Waals surface area (Å²) in [4.78, 5) is 12.2. The van der Waals surface area contributed by atoms with E-state index in [1.165, 1.54) is 0 Å². The largest absolute Gasteiger partial charge is 0.384 e. The van der Waals surface area contributed by atoms with E-state index in [0.29, 0.717) is 24.7 Å². The SMILES string of the molecule is CCCC(=O)C(CCC)(COC)C(C)C. The number of carbonyl (C=O) groups excluding carboxylic acids is 1. The highest BCUT2D eigenvalue weighted by molar-refractivity contribution is 5.85. The van der Waals surface area contributed by atoms with E-state index in [9.17, 15) is 4.79 Å². The summed E-state index contributed by atoms with van der Waals surface area (Å²) in [6.07, 6.45) is 3.59. The van der Waals surface area contributed by atoms with Gasteiger partial charge in [0, 0.05) is 13.5 Å². The third-order valence-corrected chi connectivity index (χ3v) is 3.24. The highest BCUT2D eigenvalue weighted by Crippen LogP contribution is 2.35. The topological polar surface area (TPSA) is 26.3 Å². The lowest BCUT2D eigenvalue weighted by atomic mass is 9.70. The van der Waals surface area contributed by atoms with Gasteiger partial charge < -0.3 is 4.74 Å². The molecule has 0 aliphatic carbocycles. The van der Waals surface area contributed by atoms with E-state index < -0.39 is 0 Å². The zero-order valence-corrected chi connectivity index (χ0v) is 10.9. The van der Waals surface area contributed by atoms with E-state index in [1.807, 2.05) is 0 Å². The minimum atomic E-state index is -0.250. The molecule has 15 heavy (non-hydrogen) atoms. The van der Waals surface area contributed by atoms with Crippen LogP contribution >= 0.6 is 0 Å². The number of carbonyl (C=O) groups is 1. The average molecular weight is 214 g/mol. The fourth-order valence-corrected chi connectivity index (χ4v) is 2.25. The number of rotatable bonds is 8. The minimum absolute atomic E-state index is 0.250. The lowest BCUT2D eigenvalue weighted by molar-refractivity contribution is -0.136. The Balaban J connectivity index is 4.83. The molecule has 0 aliphatic heterocycles. The predicted molar refractivity (Wildman–Crippen MR) is 64.0 cm³/mol. The number of ketones is 1. The van der Waals surface area contributed by atoms with Crippen molar-refractivity contribution in [1.82, 2.24) is 0 Å². The van der Waals surface area contributed by atoms with Crippen molar-refractivity contribution in [3.05, 3.63) is 0 Å². The highest BCUT2D eigenvalue weighted by Gasteiger charge is 2.39. The highest BCUT2D eigenvalue weighted by atomic mass is 16.5. The summed E-state index contributed by atoms with van der Waals surface area (Å²) in [5.41, 5.74) is -0.250. The molecule has 0 aromatic heterocycles. The summed E-state index contributed by atoms with van der Waals surface area (Å²) in [5, 5.41) is 0. The van der Waals surface area contributed by atoms with Crippen LogP contribution in [0.25, 0.3) is 0 Å². The van der Waals surface area contributed by atoms with E-state index in [4.69, 9.17) is 4.74 Å². The van der Waals surface area contributed by atoms with Crippen LogP contribution in [0.3, 0.4) is 0 Å². The van der Waals surface area contributed by atoms with Crippen molar-refractivity contribution in [3.8, 4) is 0 Å². The zero-order valence-electron chi connectivity index (χ0n) is 10.9. The molecule has 2 nitrogen and oxygen atoms in total. The van der Waals surface area contributed by atoms with Crippen LogP contribution in [0.2, 0.25) is 0 Å². The molecular weight excluding hydrogens is 188 g/mol. The Morgan fingerprint density at radius 3 is 2.20 bits per heavy atom. The van der Waals surface area contributed by atoms with Crippen LogP contribution in [-0.4, -0.2) is 19.5 Å². The Bertz CT molecular complexity index is 179. The molecule has 1 atom stereocenters. The molecule has 0 aromatic carbocycles. The molecule has 0 heterocycles. The number of methoxy groups -OCH3 is 1. The van der Waals surface area contributed by atoms with Gasteiger partial charge in [-0.3, -0.25) is 4.79 Å². The molecule has 0 N–H and O–H groups in total. The molecule has 1 unspecified atom stereocenters. The van der Waals surface area contributed by atoms with Crippen LogP contribution in [0.5, 0.6) is 0 Å². The molecule has 0 aromatic rings. The molecule has 0 spiro atoms. The van der Waals surface area contributed by atoms with Gasteiger partial charge in [-0.15, -0.1) is 0 Å². The molecule has 0 bridgehead atoms. The lowest BCUT2D eigenvalue weighted by Gasteiger charge is -2.35. The van der Waals surface area contributed by atoms with Crippen molar-refractivity contribution in [2.45, 2.75) is 53.4 Å². The first-order valence-electron chi connectivity index (χ1n) is 6.07. The second-order valence-corrected chi connectivity index (χ2v) is 4.67. The predicted octanol–water partition coefficient (Wildman–Crippen LogP) is 3.44. The Kier molecular flexibility index (Phi) is 6.82. The minimum Gasteiger partial charge on any atom is -0.384 e. The van der Waals surface area contributed by atoms with Gasteiger partial charge in [-0.2, -0.15) is 0 Å². The molecule has 0 rings (SSSR count). The van der Waals surface area contributed by atoms with E-state index in [1.54, 1.807) is 7.11 Å². The van der Waals surface area contributed by atoms with Gasteiger partial charge >= 0.3 is 0 Å².